The molecule has 25 heavy (non-hydrogen) atoms. The van der Waals surface area contributed by atoms with Gasteiger partial charge in [0.05, 0.1) is 13.7 Å². The smallest absolute Gasteiger partial charge is 0.321 e. The highest BCUT2D eigenvalue weighted by Gasteiger charge is 2.20. The number of imide groups is 1. The summed E-state index contributed by atoms with van der Waals surface area (Å²) in [4.78, 5) is 27.9. The summed E-state index contributed by atoms with van der Waals surface area (Å²) in [5.74, 6) is 0.600. The van der Waals surface area contributed by atoms with Crippen molar-refractivity contribution in [1.82, 2.24) is 20.4 Å². The van der Waals surface area contributed by atoms with Crippen LogP contribution in [0.25, 0.3) is 0 Å². The number of urea groups is 1. The molecule has 1 aromatic rings. The van der Waals surface area contributed by atoms with Gasteiger partial charge in [-0.25, -0.2) is 4.79 Å². The standard InChI is InChI=1S/C18H28N4O3/c1-14(2)19-18(24)20-17(23)13-22-10-8-21(9-11-22)12-15-4-6-16(25-3)7-5-15/h4-7,14H,8-13H2,1-3H3,(H2,19,20,23,24). The zero-order valence-electron chi connectivity index (χ0n) is 15.2. The van der Waals surface area contributed by atoms with Crippen molar-refractivity contribution < 1.29 is 14.3 Å². The third kappa shape index (κ3) is 6.72. The van der Waals surface area contributed by atoms with Gasteiger partial charge in [0.2, 0.25) is 5.91 Å². The Morgan fingerprint density at radius 2 is 1.68 bits per heavy atom. The van der Waals surface area contributed by atoms with Crippen molar-refractivity contribution in [1.29, 1.82) is 0 Å². The van der Waals surface area contributed by atoms with Crippen LogP contribution in [0.3, 0.4) is 0 Å². The van der Waals surface area contributed by atoms with Crippen LogP contribution in [0, 0.1) is 0 Å². The molecule has 1 aliphatic rings. The van der Waals surface area contributed by atoms with Gasteiger partial charge >= 0.3 is 6.03 Å². The molecular formula is C18H28N4O3. The molecule has 0 radical (unpaired) electrons. The number of nitrogens with one attached hydrogen (secondary N) is 2. The molecule has 2 rings (SSSR count). The fraction of sp³-hybridized carbons (Fsp3) is 0.556. The lowest BCUT2D eigenvalue weighted by Crippen LogP contribution is -2.51. The average molecular weight is 348 g/mol. The van der Waals surface area contributed by atoms with Gasteiger partial charge in [-0.15, -0.1) is 0 Å². The summed E-state index contributed by atoms with van der Waals surface area (Å²) >= 11 is 0. The Labute approximate surface area is 149 Å². The van der Waals surface area contributed by atoms with Crippen molar-refractivity contribution in [3.05, 3.63) is 29.8 Å². The lowest BCUT2D eigenvalue weighted by atomic mass is 10.2. The van der Waals surface area contributed by atoms with Crippen LogP contribution in [0.4, 0.5) is 4.79 Å². The number of methoxy groups -OCH3 is 1. The van der Waals surface area contributed by atoms with Gasteiger partial charge in [0.15, 0.2) is 0 Å². The van der Waals surface area contributed by atoms with E-state index < -0.39 is 6.03 Å². The number of benzene rings is 1. The average Bonchev–Trinajstić information content (AvgIpc) is 2.56. The van der Waals surface area contributed by atoms with Gasteiger partial charge < -0.3 is 10.1 Å². The van der Waals surface area contributed by atoms with Gasteiger partial charge in [0.25, 0.3) is 0 Å². The Morgan fingerprint density at radius 1 is 1.08 bits per heavy atom. The number of carbonyl (C=O) groups excluding carboxylic acids is 2. The molecule has 1 saturated heterocycles. The highest BCUT2D eigenvalue weighted by Crippen LogP contribution is 2.14. The maximum Gasteiger partial charge on any atom is 0.321 e. The minimum absolute atomic E-state index is 0.00861. The molecule has 1 aliphatic heterocycles. The molecule has 1 aromatic carbocycles. The SMILES string of the molecule is COc1ccc(CN2CCN(CC(=O)NC(=O)NC(C)C)CC2)cc1. The Morgan fingerprint density at radius 3 is 2.24 bits per heavy atom. The van der Waals surface area contributed by atoms with Crippen LogP contribution in [0.2, 0.25) is 0 Å². The van der Waals surface area contributed by atoms with E-state index in [1.807, 2.05) is 26.0 Å². The lowest BCUT2D eigenvalue weighted by Gasteiger charge is -2.34. The van der Waals surface area contributed by atoms with Crippen molar-refractivity contribution >= 4 is 11.9 Å². The van der Waals surface area contributed by atoms with Crippen molar-refractivity contribution in [3.8, 4) is 5.75 Å². The monoisotopic (exact) mass is 348 g/mol. The van der Waals surface area contributed by atoms with Crippen LogP contribution >= 0.6 is 0 Å². The van der Waals surface area contributed by atoms with Gasteiger partial charge in [-0.05, 0) is 31.5 Å². The molecule has 3 amide bonds. The molecule has 0 saturated carbocycles. The van der Waals surface area contributed by atoms with Crippen LogP contribution < -0.4 is 15.4 Å². The highest BCUT2D eigenvalue weighted by molar-refractivity contribution is 5.95. The number of hydrogen-bond acceptors (Lipinski definition) is 5. The van der Waals surface area contributed by atoms with Gasteiger partial charge in [-0.1, -0.05) is 12.1 Å². The Bertz CT molecular complexity index is 566. The van der Waals surface area contributed by atoms with Crippen LogP contribution in [-0.2, 0) is 11.3 Å². The van der Waals surface area contributed by atoms with Crippen molar-refractivity contribution in [2.75, 3.05) is 39.8 Å². The van der Waals surface area contributed by atoms with E-state index in [1.54, 1.807) is 7.11 Å². The molecular weight excluding hydrogens is 320 g/mol. The van der Waals surface area contributed by atoms with E-state index in [9.17, 15) is 9.59 Å². The summed E-state index contributed by atoms with van der Waals surface area (Å²) in [7, 11) is 1.66. The fourth-order valence-electron chi connectivity index (χ4n) is 2.76. The quantitative estimate of drug-likeness (QED) is 0.804. The summed E-state index contributed by atoms with van der Waals surface area (Å²) in [5.41, 5.74) is 1.25. The summed E-state index contributed by atoms with van der Waals surface area (Å²) in [6.07, 6.45) is 0. The fourth-order valence-corrected chi connectivity index (χ4v) is 2.76. The number of rotatable bonds is 6. The number of amides is 3. The minimum atomic E-state index is -0.432. The van der Waals surface area contributed by atoms with Crippen molar-refractivity contribution in [2.45, 2.75) is 26.4 Å². The van der Waals surface area contributed by atoms with Gasteiger partial charge in [-0.2, -0.15) is 0 Å². The molecule has 0 aliphatic carbocycles. The topological polar surface area (TPSA) is 73.9 Å². The van der Waals surface area contributed by atoms with E-state index in [0.29, 0.717) is 0 Å². The molecule has 0 spiro atoms. The number of carbonyl (C=O) groups is 2. The van der Waals surface area contributed by atoms with Crippen LogP contribution in [0.15, 0.2) is 24.3 Å². The molecule has 7 heteroatoms. The first-order valence-corrected chi connectivity index (χ1v) is 8.64. The minimum Gasteiger partial charge on any atom is -0.497 e. The molecule has 2 N–H and O–H groups in total. The first-order chi connectivity index (χ1) is 12.0. The molecule has 7 nitrogen and oxygen atoms in total. The van der Waals surface area contributed by atoms with Crippen molar-refractivity contribution in [2.24, 2.45) is 0 Å². The van der Waals surface area contributed by atoms with E-state index in [1.165, 1.54) is 5.56 Å². The molecule has 0 aromatic heterocycles. The number of hydrogen-bond donors (Lipinski definition) is 2. The summed E-state index contributed by atoms with van der Waals surface area (Å²) < 4.78 is 5.17. The molecule has 1 heterocycles. The second-order valence-corrected chi connectivity index (χ2v) is 6.58. The third-order valence-corrected chi connectivity index (χ3v) is 4.07. The zero-order chi connectivity index (χ0) is 18.2. The Kier molecular flexibility index (Phi) is 7.21. The van der Waals surface area contributed by atoms with Crippen LogP contribution in [0.5, 0.6) is 5.75 Å². The maximum absolute atomic E-state index is 11.9. The first-order valence-electron chi connectivity index (χ1n) is 8.64. The van der Waals surface area contributed by atoms with E-state index >= 15 is 0 Å². The van der Waals surface area contributed by atoms with E-state index in [0.717, 1.165) is 38.5 Å². The summed E-state index contributed by atoms with van der Waals surface area (Å²) in [5, 5.41) is 5.01. The van der Waals surface area contributed by atoms with Gasteiger partial charge in [0, 0.05) is 38.8 Å². The summed E-state index contributed by atoms with van der Waals surface area (Å²) in [6.45, 7) is 8.28. The van der Waals surface area contributed by atoms with E-state index in [2.05, 4.69) is 32.6 Å². The van der Waals surface area contributed by atoms with E-state index in [4.69, 9.17) is 4.74 Å². The highest BCUT2D eigenvalue weighted by atomic mass is 16.5. The predicted molar refractivity (Wildman–Crippen MR) is 96.5 cm³/mol. The number of piperazine rings is 1. The molecule has 138 valence electrons. The largest absolute Gasteiger partial charge is 0.497 e. The maximum atomic E-state index is 11.9. The van der Waals surface area contributed by atoms with E-state index in [-0.39, 0.29) is 18.5 Å². The molecule has 1 fully saturated rings. The molecule has 0 unspecified atom stereocenters. The number of ether oxygens (including phenoxy) is 1. The normalized spacial score (nSPS) is 15.8. The second kappa shape index (κ2) is 9.39. The second-order valence-electron chi connectivity index (χ2n) is 6.58. The number of nitrogens with zero attached hydrogens (tertiary/aromatic N) is 2. The molecule has 0 bridgehead atoms. The Hall–Kier alpha value is -2.12. The summed E-state index contributed by atoms with van der Waals surface area (Å²) in [6, 6.07) is 7.67. The first kappa shape index (κ1) is 19.2. The van der Waals surface area contributed by atoms with Crippen LogP contribution in [-0.4, -0.2) is 67.6 Å². The van der Waals surface area contributed by atoms with Gasteiger partial charge in [-0.3, -0.25) is 19.9 Å². The molecule has 0 atom stereocenters. The third-order valence-electron chi connectivity index (χ3n) is 4.07. The van der Waals surface area contributed by atoms with Crippen molar-refractivity contribution in [3.63, 3.8) is 0 Å². The predicted octanol–water partition coefficient (Wildman–Crippen LogP) is 1.05. The van der Waals surface area contributed by atoms with Gasteiger partial charge in [0.1, 0.15) is 5.75 Å². The van der Waals surface area contributed by atoms with Crippen LogP contribution in [0.1, 0.15) is 19.4 Å². The Balaban J connectivity index is 1.70. The lowest BCUT2D eigenvalue weighted by molar-refractivity contribution is -0.121. The zero-order valence-corrected chi connectivity index (χ0v) is 15.2.